The van der Waals surface area contributed by atoms with Crippen LogP contribution in [-0.2, 0) is 0 Å². The molecule has 2 aliphatic heterocycles. The van der Waals surface area contributed by atoms with Crippen LogP contribution in [0.4, 0.5) is 5.88 Å². The van der Waals surface area contributed by atoms with E-state index in [1.165, 1.54) is 19.3 Å². The molecule has 3 heteroatoms. The Morgan fingerprint density at radius 2 is 2.07 bits per heavy atom. The van der Waals surface area contributed by atoms with Gasteiger partial charge >= 0.3 is 0 Å². The summed E-state index contributed by atoms with van der Waals surface area (Å²) in [7, 11) is 0. The summed E-state index contributed by atoms with van der Waals surface area (Å²) in [4.78, 5) is 2.34. The third-order valence-electron chi connectivity index (χ3n) is 3.20. The van der Waals surface area contributed by atoms with Crippen molar-refractivity contribution in [1.29, 1.82) is 0 Å². The van der Waals surface area contributed by atoms with E-state index in [0.29, 0.717) is 6.04 Å². The SMILES string of the molecule is c1cc(N2CCCC2)oc1[C@H]1CCN1. The highest BCUT2D eigenvalue weighted by atomic mass is 16.4. The van der Waals surface area contributed by atoms with Crippen molar-refractivity contribution in [1.82, 2.24) is 5.32 Å². The largest absolute Gasteiger partial charge is 0.444 e. The standard InChI is InChI=1S/C11H16N2O/c1-2-8-13(7-1)11-4-3-10(14-11)9-5-6-12-9/h3-4,9,12H,1-2,5-8H2/t9-/m1/s1. The average molecular weight is 192 g/mol. The second-order valence-electron chi connectivity index (χ2n) is 4.17. The number of furan rings is 1. The molecule has 2 fully saturated rings. The fraction of sp³-hybridized carbons (Fsp3) is 0.636. The number of hydrogen-bond acceptors (Lipinski definition) is 3. The van der Waals surface area contributed by atoms with Crippen LogP contribution in [0.15, 0.2) is 16.5 Å². The van der Waals surface area contributed by atoms with Crippen LogP contribution < -0.4 is 10.2 Å². The molecule has 3 rings (SSSR count). The Kier molecular flexibility index (Phi) is 1.98. The molecule has 1 aromatic rings. The van der Waals surface area contributed by atoms with E-state index in [1.54, 1.807) is 0 Å². The van der Waals surface area contributed by atoms with Crippen molar-refractivity contribution in [2.75, 3.05) is 24.5 Å². The lowest BCUT2D eigenvalue weighted by Crippen LogP contribution is -2.34. The molecule has 0 bridgehead atoms. The van der Waals surface area contributed by atoms with Crippen LogP contribution in [0.1, 0.15) is 31.1 Å². The van der Waals surface area contributed by atoms with Crippen molar-refractivity contribution in [2.24, 2.45) is 0 Å². The number of nitrogens with zero attached hydrogens (tertiary/aromatic N) is 1. The van der Waals surface area contributed by atoms with E-state index in [1.807, 2.05) is 0 Å². The lowest BCUT2D eigenvalue weighted by atomic mass is 10.1. The molecule has 3 heterocycles. The second-order valence-corrected chi connectivity index (χ2v) is 4.17. The summed E-state index contributed by atoms with van der Waals surface area (Å²) in [6.07, 6.45) is 3.82. The van der Waals surface area contributed by atoms with Gasteiger partial charge in [-0.3, -0.25) is 0 Å². The van der Waals surface area contributed by atoms with Crippen LogP contribution in [0, 0.1) is 0 Å². The van der Waals surface area contributed by atoms with Crippen molar-refractivity contribution in [3.63, 3.8) is 0 Å². The van der Waals surface area contributed by atoms with Crippen LogP contribution in [0.2, 0.25) is 0 Å². The molecule has 2 aliphatic rings. The maximum Gasteiger partial charge on any atom is 0.195 e. The highest BCUT2D eigenvalue weighted by Gasteiger charge is 2.23. The molecule has 76 valence electrons. The molecular formula is C11H16N2O. The zero-order valence-electron chi connectivity index (χ0n) is 8.33. The lowest BCUT2D eigenvalue weighted by Gasteiger charge is -2.25. The quantitative estimate of drug-likeness (QED) is 0.776. The van der Waals surface area contributed by atoms with Gasteiger partial charge in [0.05, 0.1) is 6.04 Å². The van der Waals surface area contributed by atoms with E-state index in [0.717, 1.165) is 31.3 Å². The Balaban J connectivity index is 1.75. The molecule has 1 N–H and O–H groups in total. The molecule has 0 spiro atoms. The Hall–Kier alpha value is -0.960. The zero-order valence-corrected chi connectivity index (χ0v) is 8.33. The summed E-state index contributed by atoms with van der Waals surface area (Å²) in [5.74, 6) is 2.17. The van der Waals surface area contributed by atoms with Crippen LogP contribution >= 0.6 is 0 Å². The first-order chi connectivity index (χ1) is 6.93. The monoisotopic (exact) mass is 192 g/mol. The van der Waals surface area contributed by atoms with Crippen molar-refractivity contribution in [3.05, 3.63) is 17.9 Å². The van der Waals surface area contributed by atoms with E-state index >= 15 is 0 Å². The molecule has 14 heavy (non-hydrogen) atoms. The van der Waals surface area contributed by atoms with Gasteiger partial charge in [-0.05, 0) is 31.9 Å². The van der Waals surface area contributed by atoms with Gasteiger partial charge in [0.15, 0.2) is 5.88 Å². The molecule has 2 saturated heterocycles. The lowest BCUT2D eigenvalue weighted by molar-refractivity contribution is 0.320. The van der Waals surface area contributed by atoms with Crippen LogP contribution in [0.5, 0.6) is 0 Å². The van der Waals surface area contributed by atoms with Crippen LogP contribution in [0.25, 0.3) is 0 Å². The van der Waals surface area contributed by atoms with Gasteiger partial charge in [-0.1, -0.05) is 0 Å². The summed E-state index contributed by atoms with van der Waals surface area (Å²) < 4.78 is 5.83. The minimum absolute atomic E-state index is 0.478. The summed E-state index contributed by atoms with van der Waals surface area (Å²) in [6.45, 7) is 3.44. The van der Waals surface area contributed by atoms with E-state index < -0.39 is 0 Å². The van der Waals surface area contributed by atoms with Crippen molar-refractivity contribution in [3.8, 4) is 0 Å². The van der Waals surface area contributed by atoms with Gasteiger partial charge in [0.2, 0.25) is 0 Å². The van der Waals surface area contributed by atoms with Crippen molar-refractivity contribution < 1.29 is 4.42 Å². The van der Waals surface area contributed by atoms with E-state index in [9.17, 15) is 0 Å². The molecule has 0 amide bonds. The van der Waals surface area contributed by atoms with Crippen molar-refractivity contribution >= 4 is 5.88 Å². The molecule has 0 aromatic carbocycles. The van der Waals surface area contributed by atoms with Crippen molar-refractivity contribution in [2.45, 2.75) is 25.3 Å². The van der Waals surface area contributed by atoms with Gasteiger partial charge in [0.25, 0.3) is 0 Å². The molecule has 0 saturated carbocycles. The molecule has 0 unspecified atom stereocenters. The van der Waals surface area contributed by atoms with Gasteiger partial charge in [0, 0.05) is 19.2 Å². The highest BCUT2D eigenvalue weighted by Crippen LogP contribution is 2.29. The first-order valence-electron chi connectivity index (χ1n) is 5.51. The number of hydrogen-bond donors (Lipinski definition) is 1. The molecule has 1 atom stereocenters. The zero-order chi connectivity index (χ0) is 9.38. The molecule has 0 aliphatic carbocycles. The Morgan fingerprint density at radius 3 is 2.71 bits per heavy atom. The Labute approximate surface area is 84.1 Å². The molecule has 1 aromatic heterocycles. The predicted molar refractivity (Wildman–Crippen MR) is 55.5 cm³/mol. The van der Waals surface area contributed by atoms with Gasteiger partial charge in [-0.2, -0.15) is 0 Å². The maximum absolute atomic E-state index is 5.83. The fourth-order valence-electron chi connectivity index (χ4n) is 2.17. The molecule has 3 nitrogen and oxygen atoms in total. The topological polar surface area (TPSA) is 28.4 Å². The third-order valence-corrected chi connectivity index (χ3v) is 3.20. The number of anilines is 1. The number of nitrogens with one attached hydrogen (secondary N) is 1. The van der Waals surface area contributed by atoms with E-state index in [2.05, 4.69) is 22.3 Å². The normalized spacial score (nSPS) is 26.6. The summed E-state index contributed by atoms with van der Waals surface area (Å²) >= 11 is 0. The Morgan fingerprint density at radius 1 is 1.29 bits per heavy atom. The van der Waals surface area contributed by atoms with Gasteiger partial charge in [0.1, 0.15) is 5.76 Å². The summed E-state index contributed by atoms with van der Waals surface area (Å²) in [5, 5.41) is 3.35. The van der Waals surface area contributed by atoms with Gasteiger partial charge in [-0.15, -0.1) is 0 Å². The van der Waals surface area contributed by atoms with E-state index in [4.69, 9.17) is 4.42 Å². The highest BCUT2D eigenvalue weighted by molar-refractivity contribution is 5.38. The predicted octanol–water partition coefficient (Wildman–Crippen LogP) is 1.91. The van der Waals surface area contributed by atoms with E-state index in [-0.39, 0.29) is 0 Å². The molecule has 0 radical (unpaired) electrons. The third kappa shape index (κ3) is 1.32. The average Bonchev–Trinajstić information content (AvgIpc) is 2.65. The molecular weight excluding hydrogens is 176 g/mol. The first-order valence-corrected chi connectivity index (χ1v) is 5.51. The second kappa shape index (κ2) is 3.31. The summed E-state index contributed by atoms with van der Waals surface area (Å²) in [5.41, 5.74) is 0. The smallest absolute Gasteiger partial charge is 0.195 e. The maximum atomic E-state index is 5.83. The van der Waals surface area contributed by atoms with Crippen LogP contribution in [-0.4, -0.2) is 19.6 Å². The summed E-state index contributed by atoms with van der Waals surface area (Å²) in [6, 6.07) is 4.71. The van der Waals surface area contributed by atoms with Crippen LogP contribution in [0.3, 0.4) is 0 Å². The van der Waals surface area contributed by atoms with Gasteiger partial charge < -0.3 is 14.6 Å². The minimum atomic E-state index is 0.478. The Bertz CT molecular complexity index is 311. The first kappa shape index (κ1) is 8.36. The van der Waals surface area contributed by atoms with Gasteiger partial charge in [-0.25, -0.2) is 0 Å². The fourth-order valence-corrected chi connectivity index (χ4v) is 2.17. The number of rotatable bonds is 2. The minimum Gasteiger partial charge on any atom is -0.444 e.